The molecule has 1 N–H and O–H groups in total. The van der Waals surface area contributed by atoms with E-state index >= 15 is 0 Å². The first-order valence-electron chi connectivity index (χ1n) is 8.07. The van der Waals surface area contributed by atoms with Gasteiger partial charge in [-0.1, -0.05) is 42.5 Å². The van der Waals surface area contributed by atoms with Crippen molar-refractivity contribution in [3.8, 4) is 0 Å². The predicted molar refractivity (Wildman–Crippen MR) is 98.6 cm³/mol. The molecule has 1 amide bonds. The molecule has 0 unspecified atom stereocenters. The lowest BCUT2D eigenvalue weighted by Crippen LogP contribution is -2.33. The van der Waals surface area contributed by atoms with Crippen LogP contribution in [0.3, 0.4) is 0 Å². The Kier molecular flexibility index (Phi) is 4.69. The van der Waals surface area contributed by atoms with Crippen LogP contribution in [0.5, 0.6) is 0 Å². The lowest BCUT2D eigenvalue weighted by molar-refractivity contribution is -0.153. The minimum absolute atomic E-state index is 0.214. The molecule has 1 fully saturated rings. The number of carbonyl (C=O) groups is 2. The molecule has 2 aromatic rings. The Morgan fingerprint density at radius 2 is 1.84 bits per heavy atom. The summed E-state index contributed by atoms with van der Waals surface area (Å²) in [5.74, 6) is -0.918. The molecule has 25 heavy (non-hydrogen) atoms. The molecule has 0 saturated heterocycles. The van der Waals surface area contributed by atoms with Gasteiger partial charge in [-0.2, -0.15) is 0 Å². The highest BCUT2D eigenvalue weighted by molar-refractivity contribution is 6.53. The standard InChI is InChI=1S/C19H19Cl2NO3/c1-12(14-9-5-7-13-6-3-4-8-15(13)14)22-16(23)10-25-17(24)18(2)11-19(18,20)21/h3-9,12H,10-11H2,1-2H3,(H,22,23)/t12-,18-/m0/s1. The van der Waals surface area contributed by atoms with Gasteiger partial charge in [0.05, 0.1) is 6.04 Å². The number of halogens is 2. The number of hydrogen-bond donors (Lipinski definition) is 1. The molecule has 1 aliphatic carbocycles. The summed E-state index contributed by atoms with van der Waals surface area (Å²) in [4.78, 5) is 24.1. The van der Waals surface area contributed by atoms with Crippen LogP contribution in [-0.4, -0.2) is 22.8 Å². The second-order valence-corrected chi connectivity index (χ2v) is 8.13. The Morgan fingerprint density at radius 3 is 2.52 bits per heavy atom. The summed E-state index contributed by atoms with van der Waals surface area (Å²) >= 11 is 11.9. The maximum absolute atomic E-state index is 12.1. The molecule has 3 rings (SSSR count). The molecule has 0 bridgehead atoms. The smallest absolute Gasteiger partial charge is 0.315 e. The van der Waals surface area contributed by atoms with Gasteiger partial charge in [0.2, 0.25) is 0 Å². The van der Waals surface area contributed by atoms with E-state index < -0.39 is 15.7 Å². The molecule has 4 nitrogen and oxygen atoms in total. The van der Waals surface area contributed by atoms with Crippen molar-refractivity contribution >= 4 is 45.9 Å². The molecule has 6 heteroatoms. The van der Waals surface area contributed by atoms with Crippen molar-refractivity contribution in [1.29, 1.82) is 0 Å². The second-order valence-electron chi connectivity index (χ2n) is 6.65. The number of hydrogen-bond acceptors (Lipinski definition) is 3. The van der Waals surface area contributed by atoms with Gasteiger partial charge in [0.15, 0.2) is 6.61 Å². The zero-order valence-electron chi connectivity index (χ0n) is 14.0. The van der Waals surface area contributed by atoms with Crippen LogP contribution in [0, 0.1) is 5.41 Å². The van der Waals surface area contributed by atoms with Gasteiger partial charge in [0.1, 0.15) is 9.75 Å². The second kappa shape index (κ2) is 6.50. The van der Waals surface area contributed by atoms with Crippen LogP contribution in [0.2, 0.25) is 0 Å². The molecule has 2 atom stereocenters. The number of amides is 1. The fourth-order valence-electron chi connectivity index (χ4n) is 2.90. The molecule has 0 heterocycles. The van der Waals surface area contributed by atoms with Crippen molar-refractivity contribution in [2.45, 2.75) is 30.6 Å². The Morgan fingerprint density at radius 1 is 1.20 bits per heavy atom. The Bertz CT molecular complexity index is 831. The number of alkyl halides is 2. The summed E-state index contributed by atoms with van der Waals surface area (Å²) in [6.45, 7) is 3.17. The van der Waals surface area contributed by atoms with E-state index in [0.29, 0.717) is 6.42 Å². The highest BCUT2D eigenvalue weighted by atomic mass is 35.5. The van der Waals surface area contributed by atoms with Crippen molar-refractivity contribution in [1.82, 2.24) is 5.32 Å². The predicted octanol–water partition coefficient (Wildman–Crippen LogP) is 4.14. The summed E-state index contributed by atoms with van der Waals surface area (Å²) < 4.78 is 3.97. The minimum Gasteiger partial charge on any atom is -0.455 e. The lowest BCUT2D eigenvalue weighted by Gasteiger charge is -2.17. The molecular weight excluding hydrogens is 361 g/mol. The van der Waals surface area contributed by atoms with Crippen molar-refractivity contribution in [3.63, 3.8) is 0 Å². The Labute approximate surface area is 156 Å². The summed E-state index contributed by atoms with van der Waals surface area (Å²) in [7, 11) is 0. The van der Waals surface area contributed by atoms with Crippen LogP contribution in [-0.2, 0) is 14.3 Å². The lowest BCUT2D eigenvalue weighted by atomic mass is 10.00. The summed E-state index contributed by atoms with van der Waals surface area (Å²) in [6, 6.07) is 13.7. The molecule has 0 spiro atoms. The van der Waals surface area contributed by atoms with Gasteiger partial charge in [0.25, 0.3) is 5.91 Å². The Hall–Kier alpha value is -1.78. The van der Waals surface area contributed by atoms with E-state index in [0.717, 1.165) is 16.3 Å². The van der Waals surface area contributed by atoms with Gasteiger partial charge in [-0.05, 0) is 30.2 Å². The summed E-state index contributed by atoms with van der Waals surface area (Å²) in [6.07, 6.45) is 0.329. The number of ether oxygens (including phenoxy) is 1. The number of carbonyl (C=O) groups excluding carboxylic acids is 2. The zero-order chi connectivity index (χ0) is 18.2. The van der Waals surface area contributed by atoms with Crippen LogP contribution < -0.4 is 5.32 Å². The first-order valence-corrected chi connectivity index (χ1v) is 8.82. The molecular formula is C19H19Cl2NO3. The third-order valence-corrected chi connectivity index (χ3v) is 5.81. The van der Waals surface area contributed by atoms with Crippen molar-refractivity contribution in [2.75, 3.05) is 6.61 Å². The van der Waals surface area contributed by atoms with Gasteiger partial charge < -0.3 is 10.1 Å². The van der Waals surface area contributed by atoms with Crippen molar-refractivity contribution in [2.24, 2.45) is 5.41 Å². The van der Waals surface area contributed by atoms with E-state index in [9.17, 15) is 9.59 Å². The molecule has 0 aliphatic heterocycles. The average molecular weight is 380 g/mol. The van der Waals surface area contributed by atoms with E-state index in [2.05, 4.69) is 5.32 Å². The highest BCUT2D eigenvalue weighted by Crippen LogP contribution is 2.64. The first kappa shape index (κ1) is 18.0. The summed E-state index contributed by atoms with van der Waals surface area (Å²) in [5.41, 5.74) is 0.0740. The normalized spacial score (nSPS) is 22.2. The first-order chi connectivity index (χ1) is 11.7. The van der Waals surface area contributed by atoms with E-state index in [-0.39, 0.29) is 18.6 Å². The van der Waals surface area contributed by atoms with Crippen LogP contribution in [0.4, 0.5) is 0 Å². The molecule has 0 aromatic heterocycles. The maximum atomic E-state index is 12.1. The monoisotopic (exact) mass is 379 g/mol. The molecule has 1 aliphatic rings. The SMILES string of the molecule is C[C@H](NC(=O)COC(=O)[C@]1(C)CC1(Cl)Cl)c1cccc2ccccc12. The summed E-state index contributed by atoms with van der Waals surface area (Å²) in [5, 5.41) is 5.04. The average Bonchev–Trinajstić information content (AvgIpc) is 3.11. The molecule has 2 aromatic carbocycles. The van der Waals surface area contributed by atoms with E-state index in [1.807, 2.05) is 49.4 Å². The minimum atomic E-state index is -1.10. The van der Waals surface area contributed by atoms with Gasteiger partial charge >= 0.3 is 5.97 Å². The zero-order valence-corrected chi connectivity index (χ0v) is 15.5. The van der Waals surface area contributed by atoms with E-state index in [1.54, 1.807) is 6.92 Å². The number of benzene rings is 2. The van der Waals surface area contributed by atoms with Gasteiger partial charge in [-0.15, -0.1) is 23.2 Å². The van der Waals surface area contributed by atoms with Gasteiger partial charge in [-0.3, -0.25) is 9.59 Å². The van der Waals surface area contributed by atoms with Crippen LogP contribution in [0.1, 0.15) is 31.9 Å². The van der Waals surface area contributed by atoms with Crippen LogP contribution in [0.25, 0.3) is 10.8 Å². The topological polar surface area (TPSA) is 55.4 Å². The quantitative estimate of drug-likeness (QED) is 0.627. The third kappa shape index (κ3) is 3.46. The molecule has 1 saturated carbocycles. The maximum Gasteiger partial charge on any atom is 0.315 e. The van der Waals surface area contributed by atoms with E-state index in [4.69, 9.17) is 27.9 Å². The fourth-order valence-corrected chi connectivity index (χ4v) is 3.59. The van der Waals surface area contributed by atoms with E-state index in [1.165, 1.54) is 0 Å². The number of nitrogens with one attached hydrogen (secondary N) is 1. The fraction of sp³-hybridized carbons (Fsp3) is 0.368. The number of esters is 1. The molecule has 0 radical (unpaired) electrons. The number of rotatable bonds is 5. The van der Waals surface area contributed by atoms with Crippen molar-refractivity contribution < 1.29 is 14.3 Å². The number of fused-ring (bicyclic) bond motifs is 1. The third-order valence-electron chi connectivity index (χ3n) is 4.71. The van der Waals surface area contributed by atoms with Gasteiger partial charge in [0, 0.05) is 6.42 Å². The highest BCUT2D eigenvalue weighted by Gasteiger charge is 2.69. The largest absolute Gasteiger partial charge is 0.455 e. The van der Waals surface area contributed by atoms with Crippen LogP contribution in [0.15, 0.2) is 42.5 Å². The Balaban J connectivity index is 1.60. The van der Waals surface area contributed by atoms with Gasteiger partial charge in [-0.25, -0.2) is 0 Å². The van der Waals surface area contributed by atoms with Crippen LogP contribution >= 0.6 is 23.2 Å². The van der Waals surface area contributed by atoms with Crippen molar-refractivity contribution in [3.05, 3.63) is 48.0 Å². The molecule has 132 valence electrons.